The molecule has 0 atom stereocenters. The Morgan fingerprint density at radius 2 is 2.00 bits per heavy atom. The highest BCUT2D eigenvalue weighted by Gasteiger charge is 2.09. The average molecular weight is 314 g/mol. The third kappa shape index (κ3) is 2.80. The first-order valence-electron chi connectivity index (χ1n) is 6.49. The van der Waals surface area contributed by atoms with Crippen molar-refractivity contribution in [1.82, 2.24) is 5.43 Å². The molecule has 0 unspecified atom stereocenters. The van der Waals surface area contributed by atoms with E-state index in [-0.39, 0.29) is 0 Å². The summed E-state index contributed by atoms with van der Waals surface area (Å²) in [4.78, 5) is 0. The van der Waals surface area contributed by atoms with Crippen molar-refractivity contribution in [1.29, 1.82) is 0 Å². The summed E-state index contributed by atoms with van der Waals surface area (Å²) in [6.07, 6.45) is 1.91. The van der Waals surface area contributed by atoms with Gasteiger partial charge in [0.25, 0.3) is 0 Å². The van der Waals surface area contributed by atoms with Crippen molar-refractivity contribution in [3.8, 4) is 0 Å². The molecule has 0 aliphatic heterocycles. The minimum Gasteiger partial charge on any atom is -0.455 e. The fraction of sp³-hybridized carbons (Fsp3) is 0.125. The minimum absolute atomic E-state index is 0.635. The maximum absolute atomic E-state index is 5.88. The maximum Gasteiger partial charge on any atom is 0.153 e. The number of rotatable bonds is 2. The molecule has 2 aromatic carbocycles. The van der Waals surface area contributed by atoms with E-state index in [1.54, 1.807) is 0 Å². The van der Waals surface area contributed by atoms with Crippen molar-refractivity contribution in [2.24, 2.45) is 5.10 Å². The second-order valence-corrected chi connectivity index (χ2v) is 6.09. The molecule has 1 N–H and O–H groups in total. The molecule has 3 nitrogen and oxygen atoms in total. The average Bonchev–Trinajstić information content (AvgIpc) is 2.96. The van der Waals surface area contributed by atoms with Gasteiger partial charge in [0.2, 0.25) is 0 Å². The number of thiocarbonyl (C=S) groups is 1. The molecule has 0 aliphatic carbocycles. The van der Waals surface area contributed by atoms with Crippen molar-refractivity contribution in [3.05, 3.63) is 48.2 Å². The summed E-state index contributed by atoms with van der Waals surface area (Å²) in [5.74, 6) is 0.748. The first-order chi connectivity index (χ1) is 10.2. The number of hydrazone groups is 1. The van der Waals surface area contributed by atoms with E-state index in [9.17, 15) is 0 Å². The molecule has 1 aromatic heterocycles. The fourth-order valence-corrected chi connectivity index (χ4v) is 2.38. The molecule has 5 heteroatoms. The summed E-state index contributed by atoms with van der Waals surface area (Å²) in [6.45, 7) is 1.90. The highest BCUT2D eigenvalue weighted by molar-refractivity contribution is 8.22. The zero-order valence-electron chi connectivity index (χ0n) is 11.7. The first-order valence-corrected chi connectivity index (χ1v) is 8.12. The third-order valence-electron chi connectivity index (χ3n) is 3.28. The fourth-order valence-electron chi connectivity index (χ4n) is 2.20. The Morgan fingerprint density at radius 1 is 1.19 bits per heavy atom. The van der Waals surface area contributed by atoms with Crippen molar-refractivity contribution in [3.63, 3.8) is 0 Å². The van der Waals surface area contributed by atoms with E-state index in [0.29, 0.717) is 4.32 Å². The van der Waals surface area contributed by atoms with Crippen molar-refractivity contribution >= 4 is 55.8 Å². The normalized spacial score (nSPS) is 12.0. The second kappa shape index (κ2) is 5.87. The van der Waals surface area contributed by atoms with Gasteiger partial charge in [-0.15, -0.1) is 0 Å². The van der Waals surface area contributed by atoms with Gasteiger partial charge >= 0.3 is 0 Å². The number of hydrogen-bond donors (Lipinski definition) is 1. The van der Waals surface area contributed by atoms with Crippen LogP contribution < -0.4 is 5.43 Å². The van der Waals surface area contributed by atoms with Gasteiger partial charge in [0, 0.05) is 5.39 Å². The first kappa shape index (κ1) is 14.1. The molecule has 0 bridgehead atoms. The Balaban J connectivity index is 2.05. The highest BCUT2D eigenvalue weighted by atomic mass is 32.2. The predicted molar refractivity (Wildman–Crippen MR) is 95.2 cm³/mol. The lowest BCUT2D eigenvalue weighted by Crippen LogP contribution is -2.12. The van der Waals surface area contributed by atoms with Crippen LogP contribution in [0.4, 0.5) is 0 Å². The molecule has 0 saturated carbocycles. The molecule has 3 aromatic rings. The lowest BCUT2D eigenvalue weighted by Gasteiger charge is -1.99. The number of nitrogens with one attached hydrogen (secondary N) is 1. The molecular weight excluding hydrogens is 300 g/mol. The summed E-state index contributed by atoms with van der Waals surface area (Å²) in [5.41, 5.74) is 4.47. The Kier molecular flexibility index (Phi) is 3.94. The van der Waals surface area contributed by atoms with Gasteiger partial charge in [-0.1, -0.05) is 54.3 Å². The van der Waals surface area contributed by atoms with Gasteiger partial charge in [-0.3, -0.25) is 5.43 Å². The zero-order chi connectivity index (χ0) is 14.8. The minimum atomic E-state index is 0.635. The summed E-state index contributed by atoms with van der Waals surface area (Å²) in [5, 5.41) is 7.74. The molecule has 0 aliphatic rings. The lowest BCUT2D eigenvalue weighted by molar-refractivity contribution is 0.603. The molecule has 0 amide bonds. The van der Waals surface area contributed by atoms with Gasteiger partial charge in [0.1, 0.15) is 11.3 Å². The zero-order valence-corrected chi connectivity index (χ0v) is 13.3. The Morgan fingerprint density at radius 3 is 2.81 bits per heavy atom. The van der Waals surface area contributed by atoms with Crippen LogP contribution in [-0.2, 0) is 0 Å². The van der Waals surface area contributed by atoms with Gasteiger partial charge in [-0.25, -0.2) is 0 Å². The van der Waals surface area contributed by atoms with Crippen LogP contribution in [-0.4, -0.2) is 16.3 Å². The lowest BCUT2D eigenvalue weighted by atomic mass is 10.1. The molecular formula is C16H14N2OS2. The van der Waals surface area contributed by atoms with Crippen LogP contribution >= 0.6 is 24.0 Å². The molecule has 3 rings (SSSR count). The molecule has 1 heterocycles. The molecule has 0 spiro atoms. The molecule has 21 heavy (non-hydrogen) atoms. The van der Waals surface area contributed by atoms with E-state index in [2.05, 4.69) is 28.7 Å². The van der Waals surface area contributed by atoms with Crippen LogP contribution in [0.3, 0.4) is 0 Å². The Hall–Kier alpha value is -1.85. The van der Waals surface area contributed by atoms with E-state index < -0.39 is 0 Å². The number of furan rings is 1. The van der Waals surface area contributed by atoms with Crippen molar-refractivity contribution in [2.45, 2.75) is 6.92 Å². The largest absolute Gasteiger partial charge is 0.455 e. The van der Waals surface area contributed by atoms with E-state index in [1.165, 1.54) is 22.5 Å². The quantitative estimate of drug-likeness (QED) is 0.428. The van der Waals surface area contributed by atoms with E-state index in [0.717, 1.165) is 22.4 Å². The maximum atomic E-state index is 5.88. The van der Waals surface area contributed by atoms with Gasteiger partial charge in [0.05, 0.1) is 0 Å². The second-order valence-electron chi connectivity index (χ2n) is 4.61. The molecule has 0 radical (unpaired) electrons. The number of fused-ring (bicyclic) bond motifs is 3. The van der Waals surface area contributed by atoms with Crippen LogP contribution in [0.25, 0.3) is 21.7 Å². The summed E-state index contributed by atoms with van der Waals surface area (Å²) in [7, 11) is 0. The number of nitrogens with zero attached hydrogens (tertiary/aromatic N) is 1. The smallest absolute Gasteiger partial charge is 0.153 e. The van der Waals surface area contributed by atoms with E-state index >= 15 is 0 Å². The summed E-state index contributed by atoms with van der Waals surface area (Å²) >= 11 is 6.52. The number of benzene rings is 2. The van der Waals surface area contributed by atoms with Gasteiger partial charge in [-0.05, 0) is 36.1 Å². The van der Waals surface area contributed by atoms with Crippen molar-refractivity contribution in [2.75, 3.05) is 6.26 Å². The summed E-state index contributed by atoms with van der Waals surface area (Å²) < 4.78 is 6.52. The van der Waals surface area contributed by atoms with Gasteiger partial charge in [0.15, 0.2) is 10.1 Å². The Labute approximate surface area is 132 Å². The summed E-state index contributed by atoms with van der Waals surface area (Å²) in [6, 6.07) is 14.4. The van der Waals surface area contributed by atoms with E-state index in [4.69, 9.17) is 16.6 Å². The number of thioether (sulfide) groups is 1. The molecule has 106 valence electrons. The monoisotopic (exact) mass is 314 g/mol. The Bertz CT molecular complexity index is 852. The van der Waals surface area contributed by atoms with Crippen LogP contribution in [0.2, 0.25) is 0 Å². The van der Waals surface area contributed by atoms with E-state index in [1.807, 2.05) is 37.4 Å². The van der Waals surface area contributed by atoms with Crippen LogP contribution in [0, 0.1) is 0 Å². The topological polar surface area (TPSA) is 37.5 Å². The predicted octanol–water partition coefficient (Wildman–Crippen LogP) is 4.55. The van der Waals surface area contributed by atoms with Crippen LogP contribution in [0.5, 0.6) is 0 Å². The highest BCUT2D eigenvalue weighted by Crippen LogP contribution is 2.28. The standard InChI is InChI=1S/C16H14N2OS2/c1-10(17-18-16(20)21-2)15-9-13-12-6-4-3-5-11(12)7-8-14(13)19-15/h3-9H,1-2H3,(H,18,20)/b17-10+. The van der Waals surface area contributed by atoms with Crippen LogP contribution in [0.15, 0.2) is 52.0 Å². The molecule has 0 fully saturated rings. The molecule has 0 saturated heterocycles. The van der Waals surface area contributed by atoms with Crippen LogP contribution in [0.1, 0.15) is 12.7 Å². The number of hydrogen-bond acceptors (Lipinski definition) is 4. The third-order valence-corrected chi connectivity index (χ3v) is 4.34. The van der Waals surface area contributed by atoms with Crippen molar-refractivity contribution < 1.29 is 4.42 Å². The SMILES string of the molecule is CSC(=S)N/N=C(\C)c1cc2c(ccc3ccccc32)o1. The van der Waals surface area contributed by atoms with Gasteiger partial charge < -0.3 is 4.42 Å². The van der Waals surface area contributed by atoms with Gasteiger partial charge in [-0.2, -0.15) is 5.10 Å².